The number of H-pyrrole nitrogens is 1. The highest BCUT2D eigenvalue weighted by Gasteiger charge is 2.40. The first-order valence-corrected chi connectivity index (χ1v) is 5.82. The van der Waals surface area contributed by atoms with Gasteiger partial charge in [0.1, 0.15) is 5.69 Å². The van der Waals surface area contributed by atoms with Gasteiger partial charge in [-0.3, -0.25) is 9.89 Å². The van der Waals surface area contributed by atoms with Crippen molar-refractivity contribution in [2.24, 2.45) is 5.73 Å². The van der Waals surface area contributed by atoms with E-state index in [0.717, 1.165) is 12.1 Å². The lowest BCUT2D eigenvalue weighted by Gasteiger charge is -2.42. The van der Waals surface area contributed by atoms with E-state index >= 15 is 0 Å². The highest BCUT2D eigenvalue weighted by molar-refractivity contribution is 5.92. The first-order valence-electron chi connectivity index (χ1n) is 5.82. The number of nitrogens with two attached hydrogens (primary N) is 1. The van der Waals surface area contributed by atoms with Crippen LogP contribution in [0.5, 0.6) is 0 Å². The van der Waals surface area contributed by atoms with Crippen LogP contribution >= 0.6 is 0 Å². The summed E-state index contributed by atoms with van der Waals surface area (Å²) in [7, 11) is 0. The van der Waals surface area contributed by atoms with Crippen molar-refractivity contribution in [1.82, 2.24) is 15.5 Å². The van der Waals surface area contributed by atoms with Gasteiger partial charge in [-0.15, -0.1) is 0 Å². The Hall–Kier alpha value is -1.40. The third-order valence-electron chi connectivity index (χ3n) is 2.98. The molecule has 6 nitrogen and oxygen atoms in total. The van der Waals surface area contributed by atoms with Crippen LogP contribution in [0.3, 0.4) is 0 Å². The quantitative estimate of drug-likeness (QED) is 0.685. The number of hydrogen-bond acceptors (Lipinski definition) is 4. The number of carbonyl (C=O) groups is 1. The molecule has 0 aliphatic heterocycles. The maximum Gasteiger partial charge on any atom is 0.272 e. The van der Waals surface area contributed by atoms with E-state index in [1.165, 1.54) is 0 Å². The molecule has 3 atom stereocenters. The monoisotopic (exact) mass is 238 g/mol. The van der Waals surface area contributed by atoms with E-state index in [1.807, 2.05) is 13.8 Å². The fourth-order valence-electron chi connectivity index (χ4n) is 1.99. The number of ether oxygens (including phenoxy) is 1. The van der Waals surface area contributed by atoms with Crippen molar-refractivity contribution in [2.45, 2.75) is 38.5 Å². The number of aromatic amines is 1. The average molecular weight is 238 g/mol. The maximum absolute atomic E-state index is 11.9. The Morgan fingerprint density at radius 2 is 2.53 bits per heavy atom. The predicted octanol–water partition coefficient (Wildman–Crippen LogP) is -0.0474. The van der Waals surface area contributed by atoms with Gasteiger partial charge in [0.15, 0.2) is 0 Å². The lowest BCUT2D eigenvalue weighted by molar-refractivity contribution is -0.0300. The first kappa shape index (κ1) is 12.1. The molecule has 1 aromatic rings. The number of hydrogen-bond donors (Lipinski definition) is 3. The van der Waals surface area contributed by atoms with Crippen LogP contribution in [0.4, 0.5) is 0 Å². The van der Waals surface area contributed by atoms with Crippen LogP contribution in [0.1, 0.15) is 29.5 Å². The van der Waals surface area contributed by atoms with Crippen LogP contribution in [0.25, 0.3) is 0 Å². The molecular formula is C11H18N4O2. The minimum absolute atomic E-state index is 0.0268. The van der Waals surface area contributed by atoms with Crippen molar-refractivity contribution >= 4 is 5.91 Å². The minimum atomic E-state index is -0.209. The van der Waals surface area contributed by atoms with Gasteiger partial charge in [-0.05, 0) is 26.3 Å². The van der Waals surface area contributed by atoms with Gasteiger partial charge < -0.3 is 15.8 Å². The van der Waals surface area contributed by atoms with Crippen LogP contribution in [0, 0.1) is 6.92 Å². The molecule has 1 fully saturated rings. The van der Waals surface area contributed by atoms with Crippen LogP contribution in [0.2, 0.25) is 0 Å². The fraction of sp³-hybridized carbons (Fsp3) is 0.636. The number of carbonyl (C=O) groups excluding carboxylic acids is 1. The van der Waals surface area contributed by atoms with E-state index in [0.29, 0.717) is 12.3 Å². The van der Waals surface area contributed by atoms with Crippen molar-refractivity contribution in [3.8, 4) is 0 Å². The molecule has 0 spiro atoms. The number of amides is 1. The van der Waals surface area contributed by atoms with Gasteiger partial charge >= 0.3 is 0 Å². The summed E-state index contributed by atoms with van der Waals surface area (Å²) in [5.41, 5.74) is 7.09. The highest BCUT2D eigenvalue weighted by atomic mass is 16.5. The lowest BCUT2D eigenvalue weighted by Crippen LogP contribution is -2.64. The molecule has 0 radical (unpaired) electrons. The summed E-state index contributed by atoms with van der Waals surface area (Å²) in [4.78, 5) is 11.9. The minimum Gasteiger partial charge on any atom is -0.376 e. The fourth-order valence-corrected chi connectivity index (χ4v) is 1.99. The Kier molecular flexibility index (Phi) is 3.44. The normalized spacial score (nSPS) is 27.6. The summed E-state index contributed by atoms with van der Waals surface area (Å²) in [6, 6.07) is 1.56. The standard InChI is InChI=1S/C11H18N4O2/c1-3-17-9-5-7(12)10(9)13-11(16)8-4-6(2)14-15-8/h4,7,9-10H,3,5,12H2,1-2H3,(H,13,16)(H,14,15). The van der Waals surface area contributed by atoms with Crippen molar-refractivity contribution in [3.05, 3.63) is 17.5 Å². The van der Waals surface area contributed by atoms with E-state index in [9.17, 15) is 4.79 Å². The highest BCUT2D eigenvalue weighted by Crippen LogP contribution is 2.22. The Morgan fingerprint density at radius 1 is 1.76 bits per heavy atom. The summed E-state index contributed by atoms with van der Waals surface area (Å²) < 4.78 is 5.48. The second-order valence-corrected chi connectivity index (χ2v) is 4.33. The smallest absolute Gasteiger partial charge is 0.272 e. The summed E-state index contributed by atoms with van der Waals surface area (Å²) in [6.45, 7) is 4.41. The molecule has 17 heavy (non-hydrogen) atoms. The largest absolute Gasteiger partial charge is 0.376 e. The molecule has 1 amide bonds. The molecule has 1 aliphatic carbocycles. The van der Waals surface area contributed by atoms with Gasteiger partial charge in [0.05, 0.1) is 12.1 Å². The second-order valence-electron chi connectivity index (χ2n) is 4.33. The molecule has 1 heterocycles. The molecule has 1 aromatic heterocycles. The molecule has 3 unspecified atom stereocenters. The molecule has 0 bridgehead atoms. The van der Waals surface area contributed by atoms with Gasteiger partial charge in [0, 0.05) is 18.3 Å². The summed E-state index contributed by atoms with van der Waals surface area (Å²) in [5, 5.41) is 9.50. The lowest BCUT2D eigenvalue weighted by atomic mass is 9.83. The first-order chi connectivity index (χ1) is 8.11. The average Bonchev–Trinajstić information content (AvgIpc) is 2.72. The molecule has 6 heteroatoms. The number of nitrogens with one attached hydrogen (secondary N) is 2. The van der Waals surface area contributed by atoms with Gasteiger partial charge in [0.2, 0.25) is 0 Å². The van der Waals surface area contributed by atoms with Gasteiger partial charge in [-0.1, -0.05) is 0 Å². The Balaban J connectivity index is 1.94. The number of rotatable bonds is 4. The Labute approximate surface area is 99.9 Å². The van der Waals surface area contributed by atoms with E-state index < -0.39 is 0 Å². The summed E-state index contributed by atoms with van der Waals surface area (Å²) in [5.74, 6) is -0.209. The maximum atomic E-state index is 11.9. The van der Waals surface area contributed by atoms with Crippen LogP contribution in [-0.2, 0) is 4.74 Å². The van der Waals surface area contributed by atoms with E-state index in [4.69, 9.17) is 10.5 Å². The molecular weight excluding hydrogens is 220 g/mol. The zero-order valence-corrected chi connectivity index (χ0v) is 10.1. The van der Waals surface area contributed by atoms with Crippen molar-refractivity contribution in [2.75, 3.05) is 6.61 Å². The number of aromatic nitrogens is 2. The van der Waals surface area contributed by atoms with Gasteiger partial charge in [-0.25, -0.2) is 0 Å². The molecule has 1 saturated carbocycles. The van der Waals surface area contributed by atoms with E-state index in [-0.39, 0.29) is 24.1 Å². The zero-order chi connectivity index (χ0) is 12.4. The Morgan fingerprint density at radius 3 is 3.06 bits per heavy atom. The predicted molar refractivity (Wildman–Crippen MR) is 62.6 cm³/mol. The molecule has 0 saturated heterocycles. The molecule has 0 aromatic carbocycles. The zero-order valence-electron chi connectivity index (χ0n) is 10.1. The van der Waals surface area contributed by atoms with Crippen molar-refractivity contribution < 1.29 is 9.53 Å². The van der Waals surface area contributed by atoms with E-state index in [2.05, 4.69) is 15.5 Å². The molecule has 1 aliphatic rings. The van der Waals surface area contributed by atoms with Crippen LogP contribution < -0.4 is 11.1 Å². The molecule has 4 N–H and O–H groups in total. The summed E-state index contributed by atoms with van der Waals surface area (Å²) in [6.07, 6.45) is 0.817. The third kappa shape index (κ3) is 2.48. The second kappa shape index (κ2) is 4.85. The SMILES string of the molecule is CCOC1CC(N)C1NC(=O)c1cc(C)[nH]n1. The van der Waals surface area contributed by atoms with Crippen LogP contribution in [0.15, 0.2) is 6.07 Å². The van der Waals surface area contributed by atoms with Crippen LogP contribution in [-0.4, -0.2) is 40.9 Å². The van der Waals surface area contributed by atoms with E-state index in [1.54, 1.807) is 6.07 Å². The van der Waals surface area contributed by atoms with Crippen molar-refractivity contribution in [3.63, 3.8) is 0 Å². The number of aryl methyl sites for hydroxylation is 1. The molecule has 94 valence electrons. The molecule has 2 rings (SSSR count). The third-order valence-corrected chi connectivity index (χ3v) is 2.98. The van der Waals surface area contributed by atoms with Gasteiger partial charge in [-0.2, -0.15) is 5.10 Å². The van der Waals surface area contributed by atoms with Crippen molar-refractivity contribution in [1.29, 1.82) is 0 Å². The summed E-state index contributed by atoms with van der Waals surface area (Å²) >= 11 is 0. The topological polar surface area (TPSA) is 93.0 Å². The van der Waals surface area contributed by atoms with Gasteiger partial charge in [0.25, 0.3) is 5.91 Å². The Bertz CT molecular complexity index is 402. The number of nitrogens with zero attached hydrogens (tertiary/aromatic N) is 1.